The van der Waals surface area contributed by atoms with Gasteiger partial charge in [0.1, 0.15) is 0 Å². The van der Waals surface area contributed by atoms with Gasteiger partial charge in [0.2, 0.25) is 0 Å². The fraction of sp³-hybridized carbons (Fsp3) is 0.100. The summed E-state index contributed by atoms with van der Waals surface area (Å²) in [6.45, 7) is 1.85. The molecule has 2 aromatic rings. The van der Waals surface area contributed by atoms with Gasteiger partial charge in [-0.3, -0.25) is 4.79 Å². The van der Waals surface area contributed by atoms with E-state index in [1.165, 1.54) is 0 Å². The number of halogens is 1. The summed E-state index contributed by atoms with van der Waals surface area (Å²) in [6, 6.07) is 7.14. The molecule has 2 rings (SSSR count). The van der Waals surface area contributed by atoms with Crippen LogP contribution in [0, 0.1) is 6.92 Å². The number of nitrogens with one attached hydrogen (secondary N) is 1. The molecule has 1 N–H and O–H groups in total. The number of aromatic amines is 1. The number of benzene rings is 1. The molecule has 66 valence electrons. The number of pyridine rings is 1. The highest BCUT2D eigenvalue weighted by atomic mass is 35.5. The zero-order valence-corrected chi connectivity index (χ0v) is 7.85. The Morgan fingerprint density at radius 3 is 2.85 bits per heavy atom. The first-order valence-electron chi connectivity index (χ1n) is 3.96. The van der Waals surface area contributed by atoms with Crippen molar-refractivity contribution in [2.24, 2.45) is 0 Å². The molecule has 0 fully saturated rings. The summed E-state index contributed by atoms with van der Waals surface area (Å²) in [5.74, 6) is 0. The number of aryl methyl sites for hydroxylation is 1. The Hall–Kier alpha value is -1.28. The van der Waals surface area contributed by atoms with Gasteiger partial charge < -0.3 is 4.98 Å². The van der Waals surface area contributed by atoms with Crippen LogP contribution < -0.4 is 5.56 Å². The zero-order valence-electron chi connectivity index (χ0n) is 7.10. The Balaban J connectivity index is 2.95. The molecule has 0 aliphatic rings. The highest BCUT2D eigenvalue weighted by Crippen LogP contribution is 2.16. The van der Waals surface area contributed by atoms with Gasteiger partial charge in [0.25, 0.3) is 5.56 Å². The molecular formula is C10H8ClNO. The fourth-order valence-electron chi connectivity index (χ4n) is 1.38. The van der Waals surface area contributed by atoms with Crippen molar-refractivity contribution in [3.8, 4) is 0 Å². The average molecular weight is 194 g/mol. The van der Waals surface area contributed by atoms with Gasteiger partial charge in [-0.15, -0.1) is 0 Å². The van der Waals surface area contributed by atoms with E-state index < -0.39 is 0 Å². The molecule has 1 heterocycles. The van der Waals surface area contributed by atoms with Crippen LogP contribution in [0.3, 0.4) is 0 Å². The van der Waals surface area contributed by atoms with Crippen LogP contribution in [-0.4, -0.2) is 4.98 Å². The highest BCUT2D eigenvalue weighted by Gasteiger charge is 1.99. The maximum Gasteiger partial charge on any atom is 0.256 e. The van der Waals surface area contributed by atoms with Crippen LogP contribution in [0.2, 0.25) is 5.02 Å². The van der Waals surface area contributed by atoms with Gasteiger partial charge in [-0.05, 0) is 36.6 Å². The smallest absolute Gasteiger partial charge is 0.256 e. The Kier molecular flexibility index (Phi) is 1.85. The van der Waals surface area contributed by atoms with E-state index in [9.17, 15) is 4.79 Å². The second kappa shape index (κ2) is 2.89. The van der Waals surface area contributed by atoms with Crippen LogP contribution in [0.25, 0.3) is 10.8 Å². The number of fused-ring (bicyclic) bond motifs is 1. The number of aromatic nitrogens is 1. The predicted molar refractivity (Wildman–Crippen MR) is 54.3 cm³/mol. The summed E-state index contributed by atoms with van der Waals surface area (Å²) < 4.78 is 0. The molecule has 0 saturated carbocycles. The van der Waals surface area contributed by atoms with Crippen LogP contribution >= 0.6 is 11.6 Å². The SMILES string of the molecule is Cc1cc2cc(Cl)ccc2c(=O)[nH]1. The topological polar surface area (TPSA) is 32.9 Å². The van der Waals surface area contributed by atoms with E-state index >= 15 is 0 Å². The number of hydrogen-bond donors (Lipinski definition) is 1. The Morgan fingerprint density at radius 1 is 1.31 bits per heavy atom. The van der Waals surface area contributed by atoms with Crippen molar-refractivity contribution in [3.05, 3.63) is 45.3 Å². The average Bonchev–Trinajstić information content (AvgIpc) is 2.02. The summed E-state index contributed by atoms with van der Waals surface area (Å²) in [6.07, 6.45) is 0. The van der Waals surface area contributed by atoms with E-state index in [1.54, 1.807) is 18.2 Å². The first kappa shape index (κ1) is 8.32. The van der Waals surface area contributed by atoms with E-state index in [1.807, 2.05) is 13.0 Å². The molecule has 13 heavy (non-hydrogen) atoms. The van der Waals surface area contributed by atoms with Crippen LogP contribution in [-0.2, 0) is 0 Å². The highest BCUT2D eigenvalue weighted by molar-refractivity contribution is 6.31. The summed E-state index contributed by atoms with van der Waals surface area (Å²) in [4.78, 5) is 14.1. The fourth-order valence-corrected chi connectivity index (χ4v) is 1.56. The molecule has 0 unspecified atom stereocenters. The minimum atomic E-state index is -0.0633. The molecule has 3 heteroatoms. The Labute approximate surface area is 80.2 Å². The molecule has 0 saturated heterocycles. The van der Waals surface area contributed by atoms with Gasteiger partial charge >= 0.3 is 0 Å². The molecular weight excluding hydrogens is 186 g/mol. The lowest BCUT2D eigenvalue weighted by Crippen LogP contribution is -2.06. The van der Waals surface area contributed by atoms with Crippen molar-refractivity contribution in [2.75, 3.05) is 0 Å². The summed E-state index contributed by atoms with van der Waals surface area (Å²) >= 11 is 5.81. The van der Waals surface area contributed by atoms with Crippen molar-refractivity contribution in [1.29, 1.82) is 0 Å². The van der Waals surface area contributed by atoms with Gasteiger partial charge in [0.15, 0.2) is 0 Å². The monoisotopic (exact) mass is 193 g/mol. The normalized spacial score (nSPS) is 10.6. The van der Waals surface area contributed by atoms with Gasteiger partial charge in [-0.1, -0.05) is 11.6 Å². The Morgan fingerprint density at radius 2 is 2.08 bits per heavy atom. The maximum absolute atomic E-state index is 11.4. The van der Waals surface area contributed by atoms with Crippen molar-refractivity contribution in [2.45, 2.75) is 6.92 Å². The van der Waals surface area contributed by atoms with Crippen LogP contribution in [0.15, 0.2) is 29.1 Å². The first-order valence-corrected chi connectivity index (χ1v) is 4.34. The van der Waals surface area contributed by atoms with Crippen molar-refractivity contribution in [3.63, 3.8) is 0 Å². The molecule has 0 radical (unpaired) electrons. The molecule has 2 nitrogen and oxygen atoms in total. The van der Waals surface area contributed by atoms with Gasteiger partial charge in [0.05, 0.1) is 0 Å². The van der Waals surface area contributed by atoms with Gasteiger partial charge in [0, 0.05) is 16.1 Å². The van der Waals surface area contributed by atoms with Gasteiger partial charge in [-0.2, -0.15) is 0 Å². The van der Waals surface area contributed by atoms with Crippen molar-refractivity contribution in [1.82, 2.24) is 4.98 Å². The van der Waals surface area contributed by atoms with Crippen molar-refractivity contribution < 1.29 is 0 Å². The third kappa shape index (κ3) is 1.45. The minimum absolute atomic E-state index is 0.0633. The summed E-state index contributed by atoms with van der Waals surface area (Å²) in [5.41, 5.74) is 0.784. The number of hydrogen-bond acceptors (Lipinski definition) is 1. The molecule has 0 aliphatic heterocycles. The minimum Gasteiger partial charge on any atom is -0.326 e. The third-order valence-corrected chi connectivity index (χ3v) is 2.18. The predicted octanol–water partition coefficient (Wildman–Crippen LogP) is 2.49. The van der Waals surface area contributed by atoms with E-state index in [2.05, 4.69) is 4.98 Å². The second-order valence-corrected chi connectivity index (χ2v) is 3.45. The zero-order chi connectivity index (χ0) is 9.42. The number of rotatable bonds is 0. The van der Waals surface area contributed by atoms with Crippen LogP contribution in [0.5, 0.6) is 0 Å². The quantitative estimate of drug-likeness (QED) is 0.685. The lowest BCUT2D eigenvalue weighted by molar-refractivity contribution is 1.17. The molecule has 0 amide bonds. The van der Waals surface area contributed by atoms with E-state index in [0.717, 1.165) is 11.1 Å². The maximum atomic E-state index is 11.4. The van der Waals surface area contributed by atoms with E-state index in [0.29, 0.717) is 10.4 Å². The summed E-state index contributed by atoms with van der Waals surface area (Å²) in [7, 11) is 0. The first-order chi connectivity index (χ1) is 6.16. The molecule has 0 aliphatic carbocycles. The van der Waals surface area contributed by atoms with E-state index in [4.69, 9.17) is 11.6 Å². The van der Waals surface area contributed by atoms with Crippen LogP contribution in [0.1, 0.15) is 5.69 Å². The molecule has 0 spiro atoms. The van der Waals surface area contributed by atoms with E-state index in [-0.39, 0.29) is 5.56 Å². The molecule has 0 bridgehead atoms. The number of H-pyrrole nitrogens is 1. The lowest BCUT2D eigenvalue weighted by Gasteiger charge is -1.98. The standard InChI is InChI=1S/C10H8ClNO/c1-6-4-7-5-8(11)2-3-9(7)10(13)12-6/h2-5H,1H3,(H,12,13). The molecule has 1 aromatic carbocycles. The lowest BCUT2D eigenvalue weighted by atomic mass is 10.1. The molecule has 0 atom stereocenters. The summed E-state index contributed by atoms with van der Waals surface area (Å²) in [5, 5.41) is 2.21. The molecule has 1 aromatic heterocycles. The van der Waals surface area contributed by atoms with Crippen LogP contribution in [0.4, 0.5) is 0 Å². The third-order valence-electron chi connectivity index (χ3n) is 1.94. The largest absolute Gasteiger partial charge is 0.326 e. The second-order valence-electron chi connectivity index (χ2n) is 3.01. The van der Waals surface area contributed by atoms with Gasteiger partial charge in [-0.25, -0.2) is 0 Å². The van der Waals surface area contributed by atoms with Crippen molar-refractivity contribution >= 4 is 22.4 Å². The Bertz CT molecular complexity index is 511.